The van der Waals surface area contributed by atoms with Gasteiger partial charge in [0.15, 0.2) is 0 Å². The summed E-state index contributed by atoms with van der Waals surface area (Å²) in [5, 5.41) is 9.03. The van der Waals surface area contributed by atoms with Gasteiger partial charge in [0.25, 0.3) is 11.5 Å². The molecule has 2 unspecified atom stereocenters. The third kappa shape index (κ3) is 5.86. The van der Waals surface area contributed by atoms with Crippen LogP contribution in [0.1, 0.15) is 76.5 Å². The molecule has 2 bridgehead atoms. The smallest absolute Gasteiger partial charge is 0.333 e. The van der Waals surface area contributed by atoms with Crippen LogP contribution in [0, 0.1) is 12.7 Å². The van der Waals surface area contributed by atoms with Crippen molar-refractivity contribution in [1.29, 1.82) is 0 Å². The van der Waals surface area contributed by atoms with Crippen molar-refractivity contribution in [2.75, 3.05) is 7.11 Å². The lowest BCUT2D eigenvalue weighted by atomic mass is 10.0. The van der Waals surface area contributed by atoms with E-state index < -0.39 is 49.4 Å². The molecule has 0 radical (unpaired) electrons. The van der Waals surface area contributed by atoms with Crippen molar-refractivity contribution in [1.82, 2.24) is 28.9 Å². The van der Waals surface area contributed by atoms with Crippen LogP contribution in [-0.4, -0.2) is 68.6 Å². The molecule has 4 atom stereocenters. The molecule has 1 amide bonds. The number of methoxy groups -OCH3 is 1. The zero-order valence-electron chi connectivity index (χ0n) is 28.3. The van der Waals surface area contributed by atoms with Crippen molar-refractivity contribution in [3.05, 3.63) is 68.4 Å². The minimum absolute atomic E-state index is 0.0303. The van der Waals surface area contributed by atoms with E-state index in [2.05, 4.69) is 14.9 Å². The van der Waals surface area contributed by atoms with E-state index in [4.69, 9.17) is 14.2 Å². The van der Waals surface area contributed by atoms with Crippen molar-refractivity contribution >= 4 is 37.5 Å². The highest BCUT2D eigenvalue weighted by atomic mass is 32.2. The molecule has 7 rings (SSSR count). The average molecular weight is 731 g/mol. The highest BCUT2D eigenvalue weighted by Crippen LogP contribution is 2.43. The number of rotatable bonds is 11. The molecular weight excluding hydrogens is 692 g/mol. The lowest BCUT2D eigenvalue weighted by molar-refractivity contribution is -0.126. The third-order valence-electron chi connectivity index (χ3n) is 10.2. The van der Waals surface area contributed by atoms with E-state index in [0.717, 1.165) is 28.7 Å². The lowest BCUT2D eigenvalue weighted by Gasteiger charge is -2.33. The van der Waals surface area contributed by atoms with Gasteiger partial charge in [0, 0.05) is 11.1 Å². The predicted molar refractivity (Wildman–Crippen MR) is 182 cm³/mol. The number of nitrogens with zero attached hydrogens (tertiary/aromatic N) is 5. The molecule has 1 N–H and O–H groups in total. The van der Waals surface area contributed by atoms with Gasteiger partial charge in [-0.15, -0.1) is 4.80 Å². The number of thiophene rings is 1. The monoisotopic (exact) mass is 730 g/mol. The van der Waals surface area contributed by atoms with E-state index >= 15 is 0 Å². The Bertz CT molecular complexity index is 2190. The zero-order chi connectivity index (χ0) is 35.7. The van der Waals surface area contributed by atoms with Crippen LogP contribution < -0.4 is 20.7 Å². The van der Waals surface area contributed by atoms with Crippen LogP contribution >= 0.6 is 11.3 Å². The SMILES string of the molecule is COc1ccc(F)cc1C(Cn1c(=O)n(C(C)(C)C(=O)NS(=O)(=O)C2(C)CC2)c(=O)c2c(C)c(-n3nccn3)sc21)OC1C[C@H]2CC[C@@H](C1)O2. The number of fused-ring (bicyclic) bond motifs is 3. The molecule has 1 aliphatic carbocycles. The van der Waals surface area contributed by atoms with Gasteiger partial charge in [-0.05, 0) is 84.4 Å². The molecular formula is C33H39FN6O8S2. The second-order valence-electron chi connectivity index (χ2n) is 14.1. The van der Waals surface area contributed by atoms with Crippen LogP contribution in [0.15, 0.2) is 40.2 Å². The quantitative estimate of drug-likeness (QED) is 0.242. The fourth-order valence-corrected chi connectivity index (χ4v) is 9.51. The van der Waals surface area contributed by atoms with Crippen molar-refractivity contribution in [3.63, 3.8) is 0 Å². The van der Waals surface area contributed by atoms with Crippen LogP contribution in [0.2, 0.25) is 0 Å². The molecule has 17 heteroatoms. The summed E-state index contributed by atoms with van der Waals surface area (Å²) in [7, 11) is -2.64. The molecule has 5 heterocycles. The maximum absolute atomic E-state index is 14.9. The normalized spacial score (nSPS) is 22.1. The lowest BCUT2D eigenvalue weighted by Crippen LogP contribution is -2.57. The summed E-state index contributed by atoms with van der Waals surface area (Å²) in [6.45, 7) is 5.66. The minimum atomic E-state index is -4.10. The molecule has 14 nitrogen and oxygen atoms in total. The molecule has 50 heavy (non-hydrogen) atoms. The first-order chi connectivity index (χ1) is 23.6. The molecule has 3 aromatic heterocycles. The summed E-state index contributed by atoms with van der Waals surface area (Å²) in [6.07, 6.45) is 5.60. The first kappa shape index (κ1) is 34.5. The number of halogens is 1. The fourth-order valence-electron chi connectivity index (χ4n) is 6.91. The van der Waals surface area contributed by atoms with Gasteiger partial charge < -0.3 is 14.2 Å². The number of sulfonamides is 1. The standard InChI is InChI=1S/C33H39FN6O8S2/c1-18-26-27(41)39(32(2,3)30(42)37-50(44,45)33(4)10-11-33)31(43)38(29(26)49-28(18)40-35-12-13-36-40)17-25(23-14-19(34)6-9-24(23)46-5)48-22-15-20-7-8-21(16-22)47-20/h6,9,12-14,20-22,25H,7-8,10-11,15-17H2,1-5H3,(H,37,42)/t20-,21+,22?,25?. The number of aryl methyl sites for hydroxylation is 1. The van der Waals surface area contributed by atoms with Crippen LogP contribution in [0.5, 0.6) is 5.75 Å². The largest absolute Gasteiger partial charge is 0.496 e. The summed E-state index contributed by atoms with van der Waals surface area (Å²) < 4.78 is 62.5. The van der Waals surface area contributed by atoms with Crippen molar-refractivity contribution in [2.45, 2.75) is 107 Å². The highest BCUT2D eigenvalue weighted by molar-refractivity contribution is 7.91. The average Bonchev–Trinajstić information content (AvgIpc) is 3.35. The van der Waals surface area contributed by atoms with Gasteiger partial charge in [-0.3, -0.25) is 18.9 Å². The molecule has 3 fully saturated rings. The maximum atomic E-state index is 14.9. The number of ether oxygens (including phenoxy) is 3. The molecule has 1 aromatic carbocycles. The molecule has 1 saturated carbocycles. The van der Waals surface area contributed by atoms with Gasteiger partial charge in [-0.2, -0.15) is 10.2 Å². The first-order valence-corrected chi connectivity index (χ1v) is 18.8. The Morgan fingerprint density at radius 2 is 1.84 bits per heavy atom. The van der Waals surface area contributed by atoms with E-state index in [0.29, 0.717) is 47.6 Å². The Kier molecular flexibility index (Phi) is 8.55. The van der Waals surface area contributed by atoms with E-state index in [1.54, 1.807) is 6.92 Å². The van der Waals surface area contributed by atoms with Gasteiger partial charge in [-0.1, -0.05) is 11.3 Å². The molecule has 2 aliphatic heterocycles. The Balaban J connectivity index is 1.40. The van der Waals surface area contributed by atoms with Gasteiger partial charge >= 0.3 is 5.69 Å². The predicted octanol–water partition coefficient (Wildman–Crippen LogP) is 3.46. The van der Waals surface area contributed by atoms with Crippen molar-refractivity contribution < 1.29 is 31.8 Å². The van der Waals surface area contributed by atoms with Crippen molar-refractivity contribution in [2.24, 2.45) is 0 Å². The Morgan fingerprint density at radius 3 is 2.46 bits per heavy atom. The zero-order valence-corrected chi connectivity index (χ0v) is 30.0. The van der Waals surface area contributed by atoms with Crippen molar-refractivity contribution in [3.8, 4) is 10.8 Å². The van der Waals surface area contributed by atoms with Gasteiger partial charge in [0.05, 0.1) is 54.5 Å². The Labute approximate surface area is 291 Å². The number of nitrogens with one attached hydrogen (secondary N) is 1. The molecule has 2 saturated heterocycles. The van der Waals surface area contributed by atoms with E-state index in [1.165, 1.54) is 67.8 Å². The maximum Gasteiger partial charge on any atom is 0.333 e. The van der Waals surface area contributed by atoms with Crippen LogP contribution in [0.3, 0.4) is 0 Å². The number of carbonyl (C=O) groups excluding carboxylic acids is 1. The summed E-state index contributed by atoms with van der Waals surface area (Å²) in [6, 6.07) is 4.05. The Hall–Kier alpha value is -3.93. The molecule has 4 aromatic rings. The number of hydrogen-bond acceptors (Lipinski definition) is 11. The van der Waals surface area contributed by atoms with E-state index in [1.807, 2.05) is 0 Å². The molecule has 268 valence electrons. The summed E-state index contributed by atoms with van der Waals surface area (Å²) in [5.74, 6) is -1.23. The minimum Gasteiger partial charge on any atom is -0.496 e. The van der Waals surface area contributed by atoms with E-state index in [-0.39, 0.29) is 35.1 Å². The van der Waals surface area contributed by atoms with Gasteiger partial charge in [0.2, 0.25) is 10.0 Å². The summed E-state index contributed by atoms with van der Waals surface area (Å²) in [4.78, 5) is 44.5. The number of aromatic nitrogens is 5. The number of benzene rings is 1. The first-order valence-electron chi connectivity index (χ1n) is 16.5. The molecule has 0 spiro atoms. The fraction of sp³-hybridized carbons (Fsp3) is 0.545. The number of hydrogen-bond donors (Lipinski definition) is 1. The third-order valence-corrected chi connectivity index (χ3v) is 13.7. The highest BCUT2D eigenvalue weighted by Gasteiger charge is 2.52. The van der Waals surface area contributed by atoms with Gasteiger partial charge in [-0.25, -0.2) is 22.2 Å². The number of carbonyl (C=O) groups is 1. The van der Waals surface area contributed by atoms with Crippen LogP contribution in [-0.2, 0) is 36.4 Å². The number of amides is 1. The summed E-state index contributed by atoms with van der Waals surface area (Å²) >= 11 is 1.10. The second kappa shape index (κ2) is 12.4. The topological polar surface area (TPSA) is 166 Å². The van der Waals surface area contributed by atoms with Crippen LogP contribution in [0.25, 0.3) is 15.2 Å². The summed E-state index contributed by atoms with van der Waals surface area (Å²) in [5.41, 5.74) is -2.83. The van der Waals surface area contributed by atoms with E-state index in [9.17, 15) is 27.2 Å². The Morgan fingerprint density at radius 1 is 1.18 bits per heavy atom. The van der Waals surface area contributed by atoms with Crippen LogP contribution in [0.4, 0.5) is 4.39 Å². The molecule has 3 aliphatic rings. The second-order valence-corrected chi connectivity index (χ2v) is 17.2. The van der Waals surface area contributed by atoms with Gasteiger partial charge in [0.1, 0.15) is 33.0 Å².